The number of nitrogens with one attached hydrogen (secondary N) is 1. The molecule has 1 aliphatic rings. The molecule has 2 heterocycles. The van der Waals surface area contributed by atoms with Crippen molar-refractivity contribution in [3.05, 3.63) is 5.82 Å². The van der Waals surface area contributed by atoms with Crippen LogP contribution >= 0.6 is 11.5 Å². The molecule has 6 heteroatoms. The molecule has 0 saturated carbocycles. The summed E-state index contributed by atoms with van der Waals surface area (Å²) in [6.45, 7) is 8.93. The van der Waals surface area contributed by atoms with E-state index in [1.807, 2.05) is 0 Å². The van der Waals surface area contributed by atoms with Gasteiger partial charge in [0.2, 0.25) is 5.13 Å². The van der Waals surface area contributed by atoms with Gasteiger partial charge >= 0.3 is 0 Å². The maximum atomic E-state index is 5.69. The van der Waals surface area contributed by atoms with Gasteiger partial charge in [-0.15, -0.1) is 0 Å². The van der Waals surface area contributed by atoms with Gasteiger partial charge < -0.3 is 15.0 Å². The lowest BCUT2D eigenvalue weighted by Gasteiger charge is -2.28. The van der Waals surface area contributed by atoms with E-state index in [1.165, 1.54) is 11.5 Å². The zero-order valence-electron chi connectivity index (χ0n) is 10.9. The number of morpholine rings is 1. The number of rotatable bonds is 2. The quantitative estimate of drug-likeness (QED) is 0.873. The molecule has 0 aromatic carbocycles. The van der Waals surface area contributed by atoms with Gasteiger partial charge in [-0.1, -0.05) is 0 Å². The molecule has 0 amide bonds. The minimum Gasteiger partial charge on any atom is -0.367 e. The highest BCUT2D eigenvalue weighted by Gasteiger charge is 2.24. The summed E-state index contributed by atoms with van der Waals surface area (Å²) < 4.78 is 10.1. The van der Waals surface area contributed by atoms with Gasteiger partial charge in [0.15, 0.2) is 5.82 Å². The van der Waals surface area contributed by atoms with E-state index in [9.17, 15) is 0 Å². The molecule has 96 valence electrons. The Kier molecular flexibility index (Phi) is 3.65. The molecule has 0 aliphatic carbocycles. The molecule has 2 rings (SSSR count). The molecule has 5 nitrogen and oxygen atoms in total. The largest absolute Gasteiger partial charge is 0.367 e. The van der Waals surface area contributed by atoms with Crippen LogP contribution in [-0.2, 0) is 4.74 Å². The summed E-state index contributed by atoms with van der Waals surface area (Å²) in [5.74, 6) is 0.799. The average molecular weight is 256 g/mol. The zero-order valence-corrected chi connectivity index (χ0v) is 11.7. The summed E-state index contributed by atoms with van der Waals surface area (Å²) >= 11 is 1.40. The van der Waals surface area contributed by atoms with Crippen LogP contribution in [0.2, 0.25) is 0 Å². The van der Waals surface area contributed by atoms with E-state index >= 15 is 0 Å². The highest BCUT2D eigenvalue weighted by atomic mass is 32.1. The van der Waals surface area contributed by atoms with Gasteiger partial charge in [0.25, 0.3) is 0 Å². The predicted molar refractivity (Wildman–Crippen MR) is 69.5 cm³/mol. The van der Waals surface area contributed by atoms with Crippen molar-refractivity contribution in [1.29, 1.82) is 0 Å². The van der Waals surface area contributed by atoms with Crippen molar-refractivity contribution in [2.75, 3.05) is 32.1 Å². The van der Waals surface area contributed by atoms with Crippen LogP contribution in [0.3, 0.4) is 0 Å². The normalized spacial score (nSPS) is 22.7. The standard InChI is InChI=1S/C11H20N4OS/c1-11(2,3)13-10-12-9(14-17-10)8-7-15(4)5-6-16-8/h8H,5-7H2,1-4H3,(H,12,13,14). The van der Waals surface area contributed by atoms with E-state index in [2.05, 4.69) is 47.4 Å². The third-order valence-corrected chi connectivity index (χ3v) is 3.13. The monoisotopic (exact) mass is 256 g/mol. The van der Waals surface area contributed by atoms with Crippen molar-refractivity contribution in [2.45, 2.75) is 32.4 Å². The van der Waals surface area contributed by atoms with Gasteiger partial charge in [0, 0.05) is 30.2 Å². The Morgan fingerprint density at radius 2 is 2.24 bits per heavy atom. The fourth-order valence-corrected chi connectivity index (χ4v) is 2.50. The smallest absolute Gasteiger partial charge is 0.203 e. The summed E-state index contributed by atoms with van der Waals surface area (Å²) in [5, 5.41) is 4.19. The Morgan fingerprint density at radius 1 is 1.47 bits per heavy atom. The summed E-state index contributed by atoms with van der Waals surface area (Å²) in [7, 11) is 2.09. The number of anilines is 1. The summed E-state index contributed by atoms with van der Waals surface area (Å²) in [5.41, 5.74) is 0.0149. The van der Waals surface area contributed by atoms with Gasteiger partial charge in [-0.25, -0.2) is 4.98 Å². The van der Waals surface area contributed by atoms with Crippen LogP contribution in [-0.4, -0.2) is 46.5 Å². The number of ether oxygens (including phenoxy) is 1. The lowest BCUT2D eigenvalue weighted by Crippen LogP contribution is -2.35. The Balaban J connectivity index is 2.02. The molecule has 1 aromatic rings. The summed E-state index contributed by atoms with van der Waals surface area (Å²) in [6.07, 6.45) is 0.0144. The molecule has 0 spiro atoms. The van der Waals surface area contributed by atoms with Crippen LogP contribution < -0.4 is 5.32 Å². The molecule has 1 saturated heterocycles. The van der Waals surface area contributed by atoms with E-state index in [1.54, 1.807) is 0 Å². The topological polar surface area (TPSA) is 50.3 Å². The van der Waals surface area contributed by atoms with Crippen molar-refractivity contribution in [3.63, 3.8) is 0 Å². The molecular weight excluding hydrogens is 236 g/mol. The number of aromatic nitrogens is 2. The van der Waals surface area contributed by atoms with Crippen molar-refractivity contribution < 1.29 is 4.74 Å². The molecule has 0 radical (unpaired) electrons. The van der Waals surface area contributed by atoms with Gasteiger partial charge in [-0.2, -0.15) is 4.37 Å². The fourth-order valence-electron chi connectivity index (χ4n) is 1.67. The third-order valence-electron chi connectivity index (χ3n) is 2.48. The van der Waals surface area contributed by atoms with E-state index in [0.717, 1.165) is 30.7 Å². The minimum atomic E-state index is 0.0144. The van der Waals surface area contributed by atoms with Gasteiger partial charge in [0.1, 0.15) is 6.10 Å². The Labute approximate surface area is 106 Å². The van der Waals surface area contributed by atoms with Crippen molar-refractivity contribution >= 4 is 16.7 Å². The molecule has 1 atom stereocenters. The van der Waals surface area contributed by atoms with Crippen molar-refractivity contribution in [2.24, 2.45) is 0 Å². The molecule has 17 heavy (non-hydrogen) atoms. The lowest BCUT2D eigenvalue weighted by molar-refractivity contribution is -0.0248. The van der Waals surface area contributed by atoms with Crippen LogP contribution in [0.4, 0.5) is 5.13 Å². The highest BCUT2D eigenvalue weighted by molar-refractivity contribution is 7.09. The summed E-state index contributed by atoms with van der Waals surface area (Å²) in [4.78, 5) is 6.74. The highest BCUT2D eigenvalue weighted by Crippen LogP contribution is 2.24. The first-order valence-corrected chi connectivity index (χ1v) is 6.63. The predicted octanol–water partition coefficient (Wildman–Crippen LogP) is 1.75. The van der Waals surface area contributed by atoms with Gasteiger partial charge in [-0.3, -0.25) is 0 Å². The maximum absolute atomic E-state index is 5.69. The first kappa shape index (κ1) is 12.7. The van der Waals surface area contributed by atoms with Crippen LogP contribution in [0, 0.1) is 0 Å². The molecular formula is C11H20N4OS. The number of likely N-dealkylation sites (N-methyl/N-ethyl adjacent to an activating group) is 1. The Bertz CT molecular complexity index is 374. The van der Waals surface area contributed by atoms with Gasteiger partial charge in [-0.05, 0) is 27.8 Å². The summed E-state index contributed by atoms with van der Waals surface area (Å²) in [6, 6.07) is 0. The molecule has 1 aliphatic heterocycles. The van der Waals surface area contributed by atoms with E-state index in [4.69, 9.17) is 4.74 Å². The zero-order chi connectivity index (χ0) is 12.5. The Hall–Kier alpha value is -0.720. The molecule has 0 bridgehead atoms. The van der Waals surface area contributed by atoms with Crippen LogP contribution in [0.15, 0.2) is 0 Å². The second-order valence-corrected chi connectivity index (χ2v) is 6.21. The second kappa shape index (κ2) is 4.88. The van der Waals surface area contributed by atoms with Crippen LogP contribution in [0.25, 0.3) is 0 Å². The van der Waals surface area contributed by atoms with E-state index < -0.39 is 0 Å². The first-order chi connectivity index (χ1) is 7.94. The van der Waals surface area contributed by atoms with Crippen molar-refractivity contribution in [1.82, 2.24) is 14.3 Å². The first-order valence-electron chi connectivity index (χ1n) is 5.86. The third kappa shape index (κ3) is 3.62. The number of hydrogen-bond acceptors (Lipinski definition) is 6. The van der Waals surface area contributed by atoms with E-state index in [0.29, 0.717) is 0 Å². The SMILES string of the molecule is CN1CCOC(c2nsc(NC(C)(C)C)n2)C1. The minimum absolute atomic E-state index is 0.0144. The van der Waals surface area contributed by atoms with Crippen molar-refractivity contribution in [3.8, 4) is 0 Å². The molecule has 1 unspecified atom stereocenters. The van der Waals surface area contributed by atoms with Crippen LogP contribution in [0.1, 0.15) is 32.7 Å². The van der Waals surface area contributed by atoms with Gasteiger partial charge in [0.05, 0.1) is 6.61 Å². The fraction of sp³-hybridized carbons (Fsp3) is 0.818. The van der Waals surface area contributed by atoms with E-state index in [-0.39, 0.29) is 11.6 Å². The van der Waals surface area contributed by atoms with Crippen LogP contribution in [0.5, 0.6) is 0 Å². The number of nitrogens with zero attached hydrogens (tertiary/aromatic N) is 3. The number of hydrogen-bond donors (Lipinski definition) is 1. The molecule has 1 aromatic heterocycles. The molecule has 1 N–H and O–H groups in total. The maximum Gasteiger partial charge on any atom is 0.203 e. The molecule has 1 fully saturated rings. The lowest BCUT2D eigenvalue weighted by atomic mass is 10.1. The Morgan fingerprint density at radius 3 is 2.88 bits per heavy atom. The average Bonchev–Trinajstić information content (AvgIpc) is 2.63. The second-order valence-electron chi connectivity index (χ2n) is 5.45.